The van der Waals surface area contributed by atoms with Gasteiger partial charge in [-0.2, -0.15) is 0 Å². The van der Waals surface area contributed by atoms with Crippen molar-refractivity contribution in [2.24, 2.45) is 0 Å². The summed E-state index contributed by atoms with van der Waals surface area (Å²) in [6.45, 7) is 2.08. The molecular formula is C19H15Cl2NO4. The van der Waals surface area contributed by atoms with Gasteiger partial charge in [-0.05, 0) is 18.6 Å². The van der Waals surface area contributed by atoms with Gasteiger partial charge >= 0.3 is 5.97 Å². The lowest BCUT2D eigenvalue weighted by atomic mass is 10.0. The van der Waals surface area contributed by atoms with Crippen molar-refractivity contribution in [3.05, 3.63) is 74.1 Å². The van der Waals surface area contributed by atoms with Gasteiger partial charge in [-0.15, -0.1) is 0 Å². The summed E-state index contributed by atoms with van der Waals surface area (Å²) in [5.41, 5.74) is 0.634. The summed E-state index contributed by atoms with van der Waals surface area (Å²) in [6.07, 6.45) is 1.48. The van der Waals surface area contributed by atoms with Crippen LogP contribution in [-0.2, 0) is 11.3 Å². The van der Waals surface area contributed by atoms with Crippen molar-refractivity contribution in [3.63, 3.8) is 0 Å². The maximum absolute atomic E-state index is 12.5. The predicted molar refractivity (Wildman–Crippen MR) is 101 cm³/mol. The van der Waals surface area contributed by atoms with Crippen LogP contribution in [0.1, 0.15) is 23.0 Å². The molecule has 1 aliphatic carbocycles. The van der Waals surface area contributed by atoms with E-state index in [1.807, 2.05) is 30.3 Å². The molecule has 1 aromatic carbocycles. The Hall–Kier alpha value is -2.50. The quantitative estimate of drug-likeness (QED) is 0.676. The first kappa shape index (κ1) is 18.3. The van der Waals surface area contributed by atoms with Crippen LogP contribution < -0.4 is 5.43 Å². The van der Waals surface area contributed by atoms with Gasteiger partial charge in [0.05, 0.1) is 17.2 Å². The molecule has 1 aromatic rings. The fraction of sp³-hybridized carbons (Fsp3) is 0.158. The van der Waals surface area contributed by atoms with Gasteiger partial charge in [0.2, 0.25) is 5.43 Å². The molecule has 0 aromatic heterocycles. The van der Waals surface area contributed by atoms with Crippen LogP contribution in [0.25, 0.3) is 11.1 Å². The van der Waals surface area contributed by atoms with E-state index in [4.69, 9.17) is 27.9 Å². The second-order valence-corrected chi connectivity index (χ2v) is 6.41. The SMILES string of the molecule is CCOC(=O)c1c(O)c2cc(Cl)c(Cl)c(=O)c-2cn1Cc1ccccc1. The Bertz CT molecular complexity index is 999. The van der Waals surface area contributed by atoms with E-state index >= 15 is 0 Å². The molecule has 0 spiro atoms. The number of aromatic nitrogens is 1. The van der Waals surface area contributed by atoms with Crippen LogP contribution in [0.5, 0.6) is 5.75 Å². The number of fused-ring (bicyclic) bond motifs is 1. The monoisotopic (exact) mass is 391 g/mol. The molecule has 7 heteroatoms. The zero-order valence-electron chi connectivity index (χ0n) is 13.8. The molecular weight excluding hydrogens is 377 g/mol. The number of esters is 1. The Morgan fingerprint density at radius 1 is 1.19 bits per heavy atom. The molecule has 1 N–H and O–H groups in total. The van der Waals surface area contributed by atoms with Crippen molar-refractivity contribution in [1.29, 1.82) is 0 Å². The number of halogens is 2. The maximum atomic E-state index is 12.5. The third-order valence-electron chi connectivity index (χ3n) is 3.93. The highest BCUT2D eigenvalue weighted by molar-refractivity contribution is 6.42. The number of pyridine rings is 1. The van der Waals surface area contributed by atoms with Crippen molar-refractivity contribution in [2.45, 2.75) is 13.5 Å². The molecule has 26 heavy (non-hydrogen) atoms. The molecule has 0 radical (unpaired) electrons. The van der Waals surface area contributed by atoms with Crippen LogP contribution >= 0.6 is 23.2 Å². The molecule has 0 fully saturated rings. The normalized spacial score (nSPS) is 10.9. The van der Waals surface area contributed by atoms with Crippen molar-refractivity contribution in [1.82, 2.24) is 4.57 Å². The summed E-state index contributed by atoms with van der Waals surface area (Å²) >= 11 is 11.9. The van der Waals surface area contributed by atoms with Crippen LogP contribution in [0.3, 0.4) is 0 Å². The summed E-state index contributed by atoms with van der Waals surface area (Å²) in [4.78, 5) is 24.9. The zero-order valence-corrected chi connectivity index (χ0v) is 15.3. The second-order valence-electron chi connectivity index (χ2n) is 5.62. The van der Waals surface area contributed by atoms with E-state index < -0.39 is 11.4 Å². The lowest BCUT2D eigenvalue weighted by Gasteiger charge is -2.19. The van der Waals surface area contributed by atoms with Crippen molar-refractivity contribution >= 4 is 29.2 Å². The van der Waals surface area contributed by atoms with Gasteiger partial charge in [-0.25, -0.2) is 4.79 Å². The van der Waals surface area contributed by atoms with Gasteiger partial charge in [0.15, 0.2) is 11.4 Å². The third-order valence-corrected chi connectivity index (χ3v) is 4.70. The average molecular weight is 392 g/mol. The Labute approximate surface area is 159 Å². The van der Waals surface area contributed by atoms with Crippen LogP contribution in [0.15, 0.2) is 47.4 Å². The molecule has 2 aliphatic rings. The van der Waals surface area contributed by atoms with E-state index in [2.05, 4.69) is 0 Å². The molecule has 3 rings (SSSR count). The molecule has 5 nitrogen and oxygen atoms in total. The molecule has 1 heterocycles. The molecule has 0 bridgehead atoms. The number of nitrogens with zero attached hydrogens (tertiary/aromatic N) is 1. The van der Waals surface area contributed by atoms with Gasteiger partial charge in [-0.1, -0.05) is 53.5 Å². The average Bonchev–Trinajstić information content (AvgIpc) is 2.62. The number of carbonyl (C=O) groups is 1. The van der Waals surface area contributed by atoms with E-state index in [-0.39, 0.29) is 45.8 Å². The summed E-state index contributed by atoms with van der Waals surface area (Å²) in [6, 6.07) is 10.7. The van der Waals surface area contributed by atoms with Crippen LogP contribution in [0.2, 0.25) is 10.0 Å². The Morgan fingerprint density at radius 2 is 1.88 bits per heavy atom. The second kappa shape index (κ2) is 7.40. The van der Waals surface area contributed by atoms with Gasteiger partial charge in [0.25, 0.3) is 0 Å². The largest absolute Gasteiger partial charge is 0.505 e. The summed E-state index contributed by atoms with van der Waals surface area (Å²) in [7, 11) is 0. The van der Waals surface area contributed by atoms with Crippen LogP contribution in [-0.4, -0.2) is 22.2 Å². The number of rotatable bonds is 4. The molecule has 0 saturated heterocycles. The summed E-state index contributed by atoms with van der Waals surface area (Å²) in [5.74, 6) is -1.06. The standard InChI is InChI=1S/C19H15Cl2NO4/c1-2-26-19(25)16-18(24)12-8-14(20)15(21)17(23)13(12)10-22(16)9-11-6-4-3-5-7-11/h3-8,10,24H,2,9H2,1H3. The Balaban J connectivity index is 2.29. The lowest BCUT2D eigenvalue weighted by molar-refractivity contribution is 0.0509. The number of hydrogen-bond donors (Lipinski definition) is 1. The molecule has 0 amide bonds. The minimum atomic E-state index is -0.693. The van der Waals surface area contributed by atoms with Gasteiger partial charge < -0.3 is 14.4 Å². The first-order valence-electron chi connectivity index (χ1n) is 7.89. The van der Waals surface area contributed by atoms with Gasteiger partial charge in [-0.3, -0.25) is 4.79 Å². The first-order chi connectivity index (χ1) is 12.4. The first-order valence-corrected chi connectivity index (χ1v) is 8.64. The number of ether oxygens (including phenoxy) is 1. The van der Waals surface area contributed by atoms with Crippen molar-refractivity contribution in [2.75, 3.05) is 6.61 Å². The van der Waals surface area contributed by atoms with Crippen molar-refractivity contribution < 1.29 is 14.6 Å². The fourth-order valence-corrected chi connectivity index (χ4v) is 3.09. The molecule has 0 saturated carbocycles. The van der Waals surface area contributed by atoms with Gasteiger partial charge in [0.1, 0.15) is 5.02 Å². The number of benzene rings is 2. The predicted octanol–water partition coefficient (Wildman–Crippen LogP) is 4.19. The molecule has 1 aliphatic heterocycles. The Morgan fingerprint density at radius 3 is 2.54 bits per heavy atom. The number of hydrogen-bond acceptors (Lipinski definition) is 4. The van der Waals surface area contributed by atoms with Crippen molar-refractivity contribution in [3.8, 4) is 16.9 Å². The minimum Gasteiger partial charge on any atom is -0.505 e. The minimum absolute atomic E-state index is 0.00934. The maximum Gasteiger partial charge on any atom is 0.358 e. The van der Waals surface area contributed by atoms with E-state index in [1.165, 1.54) is 16.8 Å². The third kappa shape index (κ3) is 3.28. The summed E-state index contributed by atoms with van der Waals surface area (Å²) in [5, 5.41) is 10.6. The number of aromatic hydroxyl groups is 1. The lowest BCUT2D eigenvalue weighted by Crippen LogP contribution is -2.19. The summed E-state index contributed by atoms with van der Waals surface area (Å²) < 4.78 is 6.55. The van der Waals surface area contributed by atoms with E-state index in [0.717, 1.165) is 5.56 Å². The topological polar surface area (TPSA) is 68.5 Å². The fourth-order valence-electron chi connectivity index (χ4n) is 2.74. The van der Waals surface area contributed by atoms with Gasteiger partial charge in [0, 0.05) is 18.3 Å². The highest BCUT2D eigenvalue weighted by Crippen LogP contribution is 2.37. The highest BCUT2D eigenvalue weighted by Gasteiger charge is 2.26. The highest BCUT2D eigenvalue weighted by atomic mass is 35.5. The number of carbonyl (C=O) groups excluding carboxylic acids is 1. The Kier molecular flexibility index (Phi) is 5.20. The van der Waals surface area contributed by atoms with Crippen LogP contribution in [0, 0.1) is 0 Å². The zero-order chi connectivity index (χ0) is 18.8. The van der Waals surface area contributed by atoms with E-state index in [1.54, 1.807) is 6.92 Å². The van der Waals surface area contributed by atoms with E-state index in [0.29, 0.717) is 0 Å². The molecule has 0 atom stereocenters. The van der Waals surface area contributed by atoms with Crippen LogP contribution in [0.4, 0.5) is 0 Å². The smallest absolute Gasteiger partial charge is 0.358 e. The molecule has 0 unspecified atom stereocenters. The van der Waals surface area contributed by atoms with E-state index in [9.17, 15) is 14.7 Å². The molecule has 134 valence electrons.